The van der Waals surface area contributed by atoms with Crippen LogP contribution in [0.1, 0.15) is 15.9 Å². The topological polar surface area (TPSA) is 47.6 Å². The van der Waals surface area contributed by atoms with Crippen molar-refractivity contribution in [2.24, 2.45) is 0 Å². The second-order valence-electron chi connectivity index (χ2n) is 5.10. The third kappa shape index (κ3) is 3.89. The molecule has 1 amide bonds. The lowest BCUT2D eigenvalue weighted by Gasteiger charge is -2.18. The van der Waals surface area contributed by atoms with Crippen molar-refractivity contribution in [3.05, 3.63) is 57.6 Å². The van der Waals surface area contributed by atoms with Gasteiger partial charge in [0, 0.05) is 22.2 Å². The fourth-order valence-electron chi connectivity index (χ4n) is 2.32. The lowest BCUT2D eigenvalue weighted by atomic mass is 10.1. The minimum absolute atomic E-state index is 0.160. The van der Waals surface area contributed by atoms with Crippen molar-refractivity contribution in [3.8, 4) is 11.5 Å². The molecule has 1 heterocycles. The van der Waals surface area contributed by atoms with E-state index in [4.69, 9.17) is 32.7 Å². The predicted molar refractivity (Wildman–Crippen MR) is 89.9 cm³/mol. The Balaban J connectivity index is 1.59. The Morgan fingerprint density at radius 3 is 2.61 bits per heavy atom. The minimum Gasteiger partial charge on any atom is -0.486 e. The van der Waals surface area contributed by atoms with Crippen LogP contribution in [0, 0.1) is 0 Å². The van der Waals surface area contributed by atoms with E-state index in [1.807, 2.05) is 6.07 Å². The Morgan fingerprint density at radius 1 is 1.04 bits per heavy atom. The maximum Gasteiger partial charge on any atom is 0.251 e. The molecule has 0 aliphatic carbocycles. The van der Waals surface area contributed by atoms with Crippen LogP contribution in [0.4, 0.5) is 0 Å². The van der Waals surface area contributed by atoms with Crippen LogP contribution in [0.2, 0.25) is 10.0 Å². The van der Waals surface area contributed by atoms with E-state index in [1.54, 1.807) is 30.3 Å². The zero-order valence-corrected chi connectivity index (χ0v) is 13.8. The number of fused-ring (bicyclic) bond motifs is 1. The van der Waals surface area contributed by atoms with E-state index in [-0.39, 0.29) is 5.91 Å². The van der Waals surface area contributed by atoms with E-state index in [9.17, 15) is 4.79 Å². The zero-order valence-electron chi connectivity index (χ0n) is 12.3. The van der Waals surface area contributed by atoms with E-state index < -0.39 is 0 Å². The highest BCUT2D eigenvalue weighted by atomic mass is 35.5. The van der Waals surface area contributed by atoms with Crippen LogP contribution in [0.25, 0.3) is 0 Å². The van der Waals surface area contributed by atoms with Gasteiger partial charge in [-0.25, -0.2) is 0 Å². The van der Waals surface area contributed by atoms with Crippen LogP contribution in [-0.2, 0) is 6.42 Å². The summed E-state index contributed by atoms with van der Waals surface area (Å²) in [5.74, 6) is 1.11. The molecule has 0 unspecified atom stereocenters. The highest BCUT2D eigenvalue weighted by molar-refractivity contribution is 6.35. The Morgan fingerprint density at radius 2 is 1.83 bits per heavy atom. The number of carbonyl (C=O) groups is 1. The van der Waals surface area contributed by atoms with Gasteiger partial charge in [-0.15, -0.1) is 0 Å². The third-order valence-electron chi connectivity index (χ3n) is 3.50. The third-order valence-corrected chi connectivity index (χ3v) is 4.09. The number of halogens is 2. The van der Waals surface area contributed by atoms with E-state index >= 15 is 0 Å². The molecule has 4 nitrogen and oxygen atoms in total. The highest BCUT2D eigenvalue weighted by Gasteiger charge is 2.14. The van der Waals surface area contributed by atoms with Gasteiger partial charge in [0.1, 0.15) is 13.2 Å². The van der Waals surface area contributed by atoms with Crippen LogP contribution < -0.4 is 14.8 Å². The smallest absolute Gasteiger partial charge is 0.251 e. The zero-order chi connectivity index (χ0) is 16.2. The maximum absolute atomic E-state index is 12.2. The van der Waals surface area contributed by atoms with Gasteiger partial charge in [0.05, 0.1) is 0 Å². The van der Waals surface area contributed by atoms with Gasteiger partial charge < -0.3 is 14.8 Å². The molecule has 0 saturated heterocycles. The quantitative estimate of drug-likeness (QED) is 0.912. The van der Waals surface area contributed by atoms with E-state index in [0.717, 1.165) is 5.56 Å². The molecule has 0 aromatic heterocycles. The van der Waals surface area contributed by atoms with Crippen LogP contribution >= 0.6 is 23.2 Å². The standard InChI is InChI=1S/C17H15Cl2NO3/c18-13-3-1-11(14(19)10-13)5-6-20-17(21)12-2-4-15-16(9-12)23-8-7-22-15/h1-4,9-10H,5-8H2,(H,20,21). The summed E-state index contributed by atoms with van der Waals surface area (Å²) in [4.78, 5) is 12.2. The Labute approximate surface area is 144 Å². The second-order valence-corrected chi connectivity index (χ2v) is 5.94. The molecule has 3 rings (SSSR count). The van der Waals surface area contributed by atoms with Crippen molar-refractivity contribution in [1.82, 2.24) is 5.32 Å². The summed E-state index contributed by atoms with van der Waals surface area (Å²) < 4.78 is 10.9. The van der Waals surface area contributed by atoms with Gasteiger partial charge in [0.2, 0.25) is 0 Å². The number of hydrogen-bond donors (Lipinski definition) is 1. The van der Waals surface area contributed by atoms with Gasteiger partial charge in [-0.05, 0) is 42.3 Å². The number of ether oxygens (including phenoxy) is 2. The number of amides is 1. The molecule has 0 saturated carbocycles. The average Bonchev–Trinajstić information content (AvgIpc) is 2.56. The number of nitrogens with one attached hydrogen (secondary N) is 1. The Hall–Kier alpha value is -1.91. The lowest BCUT2D eigenvalue weighted by Crippen LogP contribution is -2.26. The van der Waals surface area contributed by atoms with E-state index in [0.29, 0.717) is 53.3 Å². The first-order valence-electron chi connectivity index (χ1n) is 7.25. The van der Waals surface area contributed by atoms with Crippen molar-refractivity contribution in [3.63, 3.8) is 0 Å². The van der Waals surface area contributed by atoms with Crippen LogP contribution in [-0.4, -0.2) is 25.7 Å². The highest BCUT2D eigenvalue weighted by Crippen LogP contribution is 2.30. The summed E-state index contributed by atoms with van der Waals surface area (Å²) in [6, 6.07) is 10.5. The van der Waals surface area contributed by atoms with Gasteiger partial charge in [-0.2, -0.15) is 0 Å². The lowest BCUT2D eigenvalue weighted by molar-refractivity contribution is 0.0953. The summed E-state index contributed by atoms with van der Waals surface area (Å²) in [7, 11) is 0. The number of hydrogen-bond acceptors (Lipinski definition) is 3. The fourth-order valence-corrected chi connectivity index (χ4v) is 2.82. The number of carbonyl (C=O) groups excluding carboxylic acids is 1. The van der Waals surface area contributed by atoms with Gasteiger partial charge in [-0.3, -0.25) is 4.79 Å². The summed E-state index contributed by atoms with van der Waals surface area (Å²) >= 11 is 12.0. The van der Waals surface area contributed by atoms with Gasteiger partial charge in [0.25, 0.3) is 5.91 Å². The molecule has 120 valence electrons. The molecule has 0 bridgehead atoms. The molecule has 1 aliphatic rings. The van der Waals surface area contributed by atoms with Gasteiger partial charge in [-0.1, -0.05) is 29.3 Å². The van der Waals surface area contributed by atoms with Crippen LogP contribution in [0.3, 0.4) is 0 Å². The molecular weight excluding hydrogens is 337 g/mol. The summed E-state index contributed by atoms with van der Waals surface area (Å²) in [6.07, 6.45) is 0.631. The largest absolute Gasteiger partial charge is 0.486 e. The first kappa shape index (κ1) is 16.0. The fraction of sp³-hybridized carbons (Fsp3) is 0.235. The van der Waals surface area contributed by atoms with Crippen molar-refractivity contribution in [1.29, 1.82) is 0 Å². The molecule has 1 aliphatic heterocycles. The molecule has 0 atom stereocenters. The molecule has 2 aromatic carbocycles. The Kier molecular flexibility index (Phi) is 4.94. The Bertz CT molecular complexity index is 734. The monoisotopic (exact) mass is 351 g/mol. The van der Waals surface area contributed by atoms with Crippen LogP contribution in [0.15, 0.2) is 36.4 Å². The molecular formula is C17H15Cl2NO3. The predicted octanol–water partition coefficient (Wildman–Crippen LogP) is 3.74. The van der Waals surface area contributed by atoms with E-state index in [1.165, 1.54) is 0 Å². The van der Waals surface area contributed by atoms with Crippen molar-refractivity contribution in [2.45, 2.75) is 6.42 Å². The number of rotatable bonds is 4. The SMILES string of the molecule is O=C(NCCc1ccc(Cl)cc1Cl)c1ccc2c(c1)OCCO2. The van der Waals surface area contributed by atoms with Crippen molar-refractivity contribution >= 4 is 29.1 Å². The van der Waals surface area contributed by atoms with Crippen LogP contribution in [0.5, 0.6) is 11.5 Å². The molecule has 6 heteroatoms. The average molecular weight is 352 g/mol. The van der Waals surface area contributed by atoms with Gasteiger partial charge in [0.15, 0.2) is 11.5 Å². The summed E-state index contributed by atoms with van der Waals surface area (Å²) in [6.45, 7) is 1.50. The molecule has 0 fully saturated rings. The molecule has 0 spiro atoms. The summed E-state index contributed by atoms with van der Waals surface area (Å²) in [5, 5.41) is 4.07. The molecule has 0 radical (unpaired) electrons. The first-order chi connectivity index (χ1) is 11.1. The van der Waals surface area contributed by atoms with E-state index in [2.05, 4.69) is 5.32 Å². The summed E-state index contributed by atoms with van der Waals surface area (Å²) in [5.41, 5.74) is 1.48. The van der Waals surface area contributed by atoms with Crippen molar-refractivity contribution in [2.75, 3.05) is 19.8 Å². The molecule has 1 N–H and O–H groups in total. The minimum atomic E-state index is -0.160. The molecule has 23 heavy (non-hydrogen) atoms. The van der Waals surface area contributed by atoms with Gasteiger partial charge >= 0.3 is 0 Å². The normalized spacial score (nSPS) is 12.8. The van der Waals surface area contributed by atoms with Crippen molar-refractivity contribution < 1.29 is 14.3 Å². The maximum atomic E-state index is 12.2. The first-order valence-corrected chi connectivity index (χ1v) is 8.01. The molecule has 2 aromatic rings. The second kappa shape index (κ2) is 7.11. The number of benzene rings is 2.